The first-order valence-electron chi connectivity index (χ1n) is 21.9. The Morgan fingerprint density at radius 1 is 0.671 bits per heavy atom. The number of carbonyl (C=O) groups excluding carboxylic acids is 3. The number of para-hydroxylation sites is 2. The number of aryl methyl sites for hydroxylation is 2. The van der Waals surface area contributed by atoms with Gasteiger partial charge in [0.1, 0.15) is 49.3 Å². The lowest BCUT2D eigenvalue weighted by atomic mass is 10.1. The van der Waals surface area contributed by atoms with Crippen LogP contribution in [0.2, 0.25) is 0 Å². The third-order valence-electron chi connectivity index (χ3n) is 12.6. The number of aromatic nitrogens is 10. The maximum atomic E-state index is 13.8. The molecule has 2 amide bonds. The number of amides is 2. The molecule has 8 aromatic rings. The van der Waals surface area contributed by atoms with Crippen molar-refractivity contribution >= 4 is 60.7 Å². The fraction of sp³-hybridized carbons (Fsp3) is 0.326. The highest BCUT2D eigenvalue weighted by molar-refractivity contribution is 7.21. The van der Waals surface area contributed by atoms with Gasteiger partial charge in [0.15, 0.2) is 5.78 Å². The number of benzene rings is 2. The summed E-state index contributed by atoms with van der Waals surface area (Å²) in [5.41, 5.74) is -0.470. The Labute approximate surface area is 404 Å². The molecule has 24 heteroatoms. The van der Waals surface area contributed by atoms with Crippen molar-refractivity contribution in [2.24, 2.45) is 0 Å². The molecule has 0 aliphatic carbocycles. The lowest BCUT2D eigenvalue weighted by molar-refractivity contribution is -0.130. The van der Waals surface area contributed by atoms with Gasteiger partial charge in [0.05, 0.1) is 68.4 Å². The summed E-state index contributed by atoms with van der Waals surface area (Å²) >= 11 is 2.33. The molecule has 2 saturated heterocycles. The summed E-state index contributed by atoms with van der Waals surface area (Å²) in [6, 6.07) is 11.9. The van der Waals surface area contributed by atoms with Crippen molar-refractivity contribution in [3.8, 4) is 21.5 Å². The number of thiophene rings is 2. The molecule has 22 nitrogen and oxygen atoms in total. The zero-order valence-corrected chi connectivity index (χ0v) is 40.3. The standard InChI is InChI=1S/C23H24N6O5S.C23H22N6O5S/c2*1-13-18-20(32)28(15-8-11-26(2)19(15)31)23(33)27(22(18)35-21(13)29-24-9-10-25-29)12-16(30)14-6-4-5-7-17(14)34-3/h4-7,9-10,15-16,30H,8,11-12H2,1-3H3;4-7,9-10,15H,8,11-12H2,1-3H3/t15-,16-;15-/m00/s1. The summed E-state index contributed by atoms with van der Waals surface area (Å²) in [7, 11) is 6.25. The van der Waals surface area contributed by atoms with E-state index in [0.717, 1.165) is 20.5 Å². The number of aliphatic hydroxyl groups is 1. The van der Waals surface area contributed by atoms with Crippen LogP contribution in [0.4, 0.5) is 0 Å². The highest BCUT2D eigenvalue weighted by Crippen LogP contribution is 2.34. The summed E-state index contributed by atoms with van der Waals surface area (Å²) in [6.07, 6.45) is 5.63. The van der Waals surface area contributed by atoms with Crippen LogP contribution in [0, 0.1) is 13.8 Å². The smallest absolute Gasteiger partial charge is 0.333 e. The van der Waals surface area contributed by atoms with Crippen LogP contribution in [0.1, 0.15) is 58.1 Å². The average molecular weight is 991 g/mol. The van der Waals surface area contributed by atoms with Crippen molar-refractivity contribution in [1.82, 2.24) is 58.1 Å². The number of rotatable bonds is 12. The third kappa shape index (κ3) is 8.01. The maximum Gasteiger partial charge on any atom is 0.333 e. The van der Waals surface area contributed by atoms with Crippen molar-refractivity contribution in [3.63, 3.8) is 0 Å². The minimum absolute atomic E-state index is 0.140. The van der Waals surface area contributed by atoms with E-state index in [0.29, 0.717) is 84.7 Å². The molecular weight excluding hydrogens is 945 g/mol. The number of hydrogen-bond donors (Lipinski definition) is 1. The first-order chi connectivity index (χ1) is 33.7. The predicted octanol–water partition coefficient (Wildman–Crippen LogP) is 2.67. The summed E-state index contributed by atoms with van der Waals surface area (Å²) in [5, 5.41) is 29.5. The fourth-order valence-corrected chi connectivity index (χ4v) is 11.4. The Balaban J connectivity index is 0.000000174. The van der Waals surface area contributed by atoms with E-state index in [4.69, 9.17) is 9.47 Å². The van der Waals surface area contributed by atoms with Crippen LogP contribution in [0.5, 0.6) is 11.5 Å². The van der Waals surface area contributed by atoms with Gasteiger partial charge < -0.3 is 24.4 Å². The van der Waals surface area contributed by atoms with Gasteiger partial charge in [-0.05, 0) is 44.9 Å². The number of likely N-dealkylation sites (tertiary alicyclic amines) is 2. The molecule has 0 saturated carbocycles. The largest absolute Gasteiger partial charge is 0.496 e. The van der Waals surface area contributed by atoms with E-state index >= 15 is 0 Å². The molecule has 362 valence electrons. The lowest BCUT2D eigenvalue weighted by Crippen LogP contribution is -2.44. The number of carbonyl (C=O) groups is 3. The van der Waals surface area contributed by atoms with Gasteiger partial charge in [0.25, 0.3) is 11.1 Å². The molecule has 2 aliphatic rings. The van der Waals surface area contributed by atoms with E-state index in [1.165, 1.54) is 78.9 Å². The van der Waals surface area contributed by atoms with E-state index in [1.54, 1.807) is 76.5 Å². The summed E-state index contributed by atoms with van der Waals surface area (Å²) < 4.78 is 15.3. The molecule has 0 spiro atoms. The zero-order valence-electron chi connectivity index (χ0n) is 38.7. The van der Waals surface area contributed by atoms with Crippen molar-refractivity contribution in [2.75, 3.05) is 41.4 Å². The number of likely N-dealkylation sites (N-methyl/N-ethyl adjacent to an activating group) is 2. The molecule has 70 heavy (non-hydrogen) atoms. The molecule has 2 fully saturated rings. The quantitative estimate of drug-likeness (QED) is 0.173. The molecule has 1 N–H and O–H groups in total. The Morgan fingerprint density at radius 3 is 1.59 bits per heavy atom. The van der Waals surface area contributed by atoms with Crippen molar-refractivity contribution < 1.29 is 29.0 Å². The number of ether oxygens (including phenoxy) is 2. The SMILES string of the molecule is COc1ccccc1C(=O)Cn1c(=O)n([C@H]2CCN(C)C2=O)c(=O)c2c(C)c(-n3nccn3)sc21.COc1ccccc1[C@@H](O)Cn1c(=O)n([C@H]2CCN(C)C2=O)c(=O)c2c(C)c(-n3nccn3)sc21. The van der Waals surface area contributed by atoms with Gasteiger partial charge in [-0.3, -0.25) is 33.1 Å². The normalized spacial score (nSPS) is 16.3. The fourth-order valence-electron chi connectivity index (χ4n) is 8.98. The van der Waals surface area contributed by atoms with Gasteiger partial charge in [0, 0.05) is 43.9 Å². The van der Waals surface area contributed by atoms with Crippen LogP contribution in [0.15, 0.2) is 92.5 Å². The van der Waals surface area contributed by atoms with E-state index in [9.17, 15) is 38.7 Å². The monoisotopic (exact) mass is 990 g/mol. The minimum Gasteiger partial charge on any atom is -0.496 e. The molecule has 0 bridgehead atoms. The predicted molar refractivity (Wildman–Crippen MR) is 258 cm³/mol. The average Bonchev–Trinajstić information content (AvgIpc) is 4.25. The number of fused-ring (bicyclic) bond motifs is 2. The second kappa shape index (κ2) is 18.9. The topological polar surface area (TPSA) is 246 Å². The van der Waals surface area contributed by atoms with E-state index < -0.39 is 40.7 Å². The number of methoxy groups -OCH3 is 2. The molecule has 3 atom stereocenters. The number of hydrogen-bond acceptors (Lipinski definition) is 16. The first-order valence-corrected chi connectivity index (χ1v) is 23.6. The van der Waals surface area contributed by atoms with E-state index in [-0.39, 0.29) is 36.1 Å². The molecule has 10 rings (SSSR count). The summed E-state index contributed by atoms with van der Waals surface area (Å²) in [6.45, 7) is 3.90. The number of Topliss-reactive ketones (excluding diaryl/α,β-unsaturated/α-hetero) is 1. The Morgan fingerprint density at radius 2 is 1.11 bits per heavy atom. The Kier molecular flexibility index (Phi) is 12.8. The van der Waals surface area contributed by atoms with Gasteiger partial charge >= 0.3 is 11.4 Å². The summed E-state index contributed by atoms with van der Waals surface area (Å²) in [5.74, 6) is -0.105. The van der Waals surface area contributed by atoms with Crippen molar-refractivity contribution in [1.29, 1.82) is 0 Å². The highest BCUT2D eigenvalue weighted by atomic mass is 32.1. The molecule has 6 aromatic heterocycles. The van der Waals surface area contributed by atoms with Gasteiger partial charge in [-0.25, -0.2) is 18.7 Å². The lowest BCUT2D eigenvalue weighted by Gasteiger charge is -2.19. The van der Waals surface area contributed by atoms with E-state index in [1.807, 2.05) is 0 Å². The van der Waals surface area contributed by atoms with Crippen molar-refractivity contribution in [3.05, 3.63) is 137 Å². The second-order valence-electron chi connectivity index (χ2n) is 16.7. The van der Waals surface area contributed by atoms with E-state index in [2.05, 4.69) is 20.4 Å². The third-order valence-corrected chi connectivity index (χ3v) is 15.2. The highest BCUT2D eigenvalue weighted by Gasteiger charge is 2.37. The maximum absolute atomic E-state index is 13.8. The second-order valence-corrected chi connectivity index (χ2v) is 18.6. The van der Waals surface area contributed by atoms with Crippen LogP contribution < -0.4 is 32.0 Å². The van der Waals surface area contributed by atoms with Crippen LogP contribution in [-0.2, 0) is 22.7 Å². The van der Waals surface area contributed by atoms with Crippen LogP contribution in [0.25, 0.3) is 30.4 Å². The molecule has 8 heterocycles. The Hall–Kier alpha value is -7.83. The molecular formula is C46H46N12O10S2. The molecule has 2 aliphatic heterocycles. The summed E-state index contributed by atoms with van der Waals surface area (Å²) in [4.78, 5) is 100. The van der Waals surface area contributed by atoms with Crippen LogP contribution >= 0.6 is 22.7 Å². The molecule has 0 radical (unpaired) electrons. The zero-order chi connectivity index (χ0) is 49.7. The van der Waals surface area contributed by atoms with Gasteiger partial charge in [-0.2, -0.15) is 20.4 Å². The number of nitrogens with zero attached hydrogens (tertiary/aromatic N) is 12. The first kappa shape index (κ1) is 47.2. The van der Waals surface area contributed by atoms with Crippen LogP contribution in [0.3, 0.4) is 0 Å². The van der Waals surface area contributed by atoms with Gasteiger partial charge in [-0.15, -0.1) is 9.59 Å². The molecule has 0 unspecified atom stereocenters. The van der Waals surface area contributed by atoms with Gasteiger partial charge in [-0.1, -0.05) is 53.0 Å². The Bertz CT molecular complexity index is 3590. The van der Waals surface area contributed by atoms with Crippen LogP contribution in [-0.4, -0.2) is 122 Å². The number of aliphatic hydroxyl groups excluding tert-OH is 1. The van der Waals surface area contributed by atoms with Crippen molar-refractivity contribution in [2.45, 2.75) is 58.0 Å². The van der Waals surface area contributed by atoms with Gasteiger partial charge in [0.2, 0.25) is 11.8 Å². The molecule has 2 aromatic carbocycles. The minimum atomic E-state index is -1.10. The number of ketones is 1.